The van der Waals surface area contributed by atoms with Crippen LogP contribution in [0.2, 0.25) is 0 Å². The molecule has 0 fully saturated rings. The van der Waals surface area contributed by atoms with E-state index in [2.05, 4.69) is 30.1 Å². The highest BCUT2D eigenvalue weighted by Gasteiger charge is 2.29. The second-order valence-electron chi connectivity index (χ2n) is 5.86. The highest BCUT2D eigenvalue weighted by atomic mass is 16.3. The molecule has 0 aliphatic heterocycles. The summed E-state index contributed by atoms with van der Waals surface area (Å²) >= 11 is 0. The molecule has 23 heavy (non-hydrogen) atoms. The van der Waals surface area contributed by atoms with Crippen molar-refractivity contribution in [3.8, 4) is 28.7 Å². The first-order valence-electron chi connectivity index (χ1n) is 7.56. The van der Waals surface area contributed by atoms with E-state index in [1.165, 1.54) is 5.56 Å². The SMILES string of the molecule is CC1Cc2c(nc(N)c(C#N)c2-c2ccco2)-c2ccccc21. The van der Waals surface area contributed by atoms with E-state index in [0.717, 1.165) is 28.8 Å². The maximum atomic E-state index is 9.55. The Morgan fingerprint density at radius 1 is 1.26 bits per heavy atom. The number of nitrogens with zero attached hydrogens (tertiary/aromatic N) is 2. The van der Waals surface area contributed by atoms with Gasteiger partial charge in [0.2, 0.25) is 0 Å². The Morgan fingerprint density at radius 3 is 2.83 bits per heavy atom. The number of rotatable bonds is 1. The van der Waals surface area contributed by atoms with Gasteiger partial charge in [0, 0.05) is 11.1 Å². The first-order valence-corrected chi connectivity index (χ1v) is 7.56. The zero-order chi connectivity index (χ0) is 16.0. The number of pyridine rings is 1. The smallest absolute Gasteiger partial charge is 0.142 e. The van der Waals surface area contributed by atoms with E-state index in [1.807, 2.05) is 24.3 Å². The van der Waals surface area contributed by atoms with Crippen LogP contribution in [-0.4, -0.2) is 4.98 Å². The Bertz CT molecular complexity index is 936. The summed E-state index contributed by atoms with van der Waals surface area (Å²) in [4.78, 5) is 4.54. The van der Waals surface area contributed by atoms with Crippen molar-refractivity contribution in [3.05, 3.63) is 59.4 Å². The number of fused-ring (bicyclic) bond motifs is 3. The van der Waals surface area contributed by atoms with Gasteiger partial charge >= 0.3 is 0 Å². The number of nitriles is 1. The Hall–Kier alpha value is -3.06. The minimum absolute atomic E-state index is 0.252. The quantitative estimate of drug-likeness (QED) is 0.733. The minimum atomic E-state index is 0.252. The molecule has 0 saturated carbocycles. The molecule has 0 bridgehead atoms. The number of benzene rings is 1. The average molecular weight is 301 g/mol. The van der Waals surface area contributed by atoms with Gasteiger partial charge in [0.1, 0.15) is 23.2 Å². The van der Waals surface area contributed by atoms with Gasteiger partial charge < -0.3 is 10.2 Å². The summed E-state index contributed by atoms with van der Waals surface area (Å²) in [6.45, 7) is 2.19. The minimum Gasteiger partial charge on any atom is -0.464 e. The van der Waals surface area contributed by atoms with Crippen LogP contribution >= 0.6 is 0 Å². The molecule has 1 aliphatic rings. The van der Waals surface area contributed by atoms with Crippen LogP contribution in [0.5, 0.6) is 0 Å². The first-order chi connectivity index (χ1) is 11.2. The van der Waals surface area contributed by atoms with Crippen molar-refractivity contribution in [2.75, 3.05) is 5.73 Å². The third kappa shape index (κ3) is 1.94. The molecular formula is C19H15N3O. The summed E-state index contributed by atoms with van der Waals surface area (Å²) in [5.74, 6) is 1.27. The van der Waals surface area contributed by atoms with Crippen LogP contribution in [0.25, 0.3) is 22.6 Å². The molecule has 1 aliphatic carbocycles. The molecule has 1 atom stereocenters. The first kappa shape index (κ1) is 13.6. The van der Waals surface area contributed by atoms with Crippen molar-refractivity contribution in [1.82, 2.24) is 4.98 Å². The second kappa shape index (κ2) is 4.99. The maximum Gasteiger partial charge on any atom is 0.142 e. The fraction of sp³-hybridized carbons (Fsp3) is 0.158. The van der Waals surface area contributed by atoms with Crippen LogP contribution in [0.1, 0.15) is 29.5 Å². The molecule has 4 heteroatoms. The lowest BCUT2D eigenvalue weighted by Crippen LogP contribution is -2.14. The molecule has 4 nitrogen and oxygen atoms in total. The Balaban J connectivity index is 2.11. The van der Waals surface area contributed by atoms with Crippen LogP contribution in [0.15, 0.2) is 47.1 Å². The highest BCUT2D eigenvalue weighted by molar-refractivity contribution is 5.84. The van der Waals surface area contributed by atoms with Crippen molar-refractivity contribution in [2.24, 2.45) is 0 Å². The third-order valence-corrected chi connectivity index (χ3v) is 4.46. The van der Waals surface area contributed by atoms with E-state index in [0.29, 0.717) is 17.2 Å². The normalized spacial score (nSPS) is 15.6. The van der Waals surface area contributed by atoms with Gasteiger partial charge in [-0.25, -0.2) is 4.98 Å². The second-order valence-corrected chi connectivity index (χ2v) is 5.86. The molecule has 0 spiro atoms. The molecule has 0 saturated heterocycles. The van der Waals surface area contributed by atoms with Crippen molar-refractivity contribution >= 4 is 5.82 Å². The molecule has 1 aromatic carbocycles. The summed E-state index contributed by atoms with van der Waals surface area (Å²) in [5.41, 5.74) is 11.5. The highest BCUT2D eigenvalue weighted by Crippen LogP contribution is 2.44. The molecule has 0 amide bonds. The van der Waals surface area contributed by atoms with E-state index < -0.39 is 0 Å². The van der Waals surface area contributed by atoms with Crippen LogP contribution in [0, 0.1) is 11.3 Å². The predicted octanol–water partition coefficient (Wildman–Crippen LogP) is 4.12. The van der Waals surface area contributed by atoms with Gasteiger partial charge in [-0.1, -0.05) is 31.2 Å². The van der Waals surface area contributed by atoms with E-state index >= 15 is 0 Å². The summed E-state index contributed by atoms with van der Waals surface area (Å²) in [6, 6.07) is 14.1. The van der Waals surface area contributed by atoms with Gasteiger partial charge in [-0.2, -0.15) is 5.26 Å². The molecular weight excluding hydrogens is 286 g/mol. The number of nitrogens with two attached hydrogens (primary N) is 1. The molecule has 2 N–H and O–H groups in total. The van der Waals surface area contributed by atoms with Gasteiger partial charge in [-0.05, 0) is 35.6 Å². The zero-order valence-electron chi connectivity index (χ0n) is 12.7. The Morgan fingerprint density at radius 2 is 2.09 bits per heavy atom. The number of nitrogen functional groups attached to an aromatic ring is 1. The third-order valence-electron chi connectivity index (χ3n) is 4.46. The molecule has 2 heterocycles. The largest absolute Gasteiger partial charge is 0.464 e. The van der Waals surface area contributed by atoms with E-state index in [-0.39, 0.29) is 5.82 Å². The zero-order valence-corrected chi connectivity index (χ0v) is 12.7. The molecule has 4 rings (SSSR count). The fourth-order valence-electron chi connectivity index (χ4n) is 3.43. The van der Waals surface area contributed by atoms with Crippen LogP contribution in [0.4, 0.5) is 5.82 Å². The predicted molar refractivity (Wildman–Crippen MR) is 88.6 cm³/mol. The van der Waals surface area contributed by atoms with Crippen LogP contribution < -0.4 is 5.73 Å². The number of hydrogen-bond donors (Lipinski definition) is 1. The van der Waals surface area contributed by atoms with Crippen molar-refractivity contribution in [1.29, 1.82) is 5.26 Å². The summed E-state index contributed by atoms with van der Waals surface area (Å²) < 4.78 is 5.57. The van der Waals surface area contributed by atoms with Crippen molar-refractivity contribution < 1.29 is 4.42 Å². The molecule has 2 aromatic heterocycles. The maximum absolute atomic E-state index is 9.55. The summed E-state index contributed by atoms with van der Waals surface area (Å²) in [5, 5.41) is 9.55. The van der Waals surface area contributed by atoms with Crippen molar-refractivity contribution in [2.45, 2.75) is 19.3 Å². The Labute approximate surface area is 134 Å². The molecule has 0 radical (unpaired) electrons. The number of aromatic nitrogens is 1. The van der Waals surface area contributed by atoms with Gasteiger partial charge in [0.25, 0.3) is 0 Å². The van der Waals surface area contributed by atoms with E-state index in [9.17, 15) is 5.26 Å². The molecule has 1 unspecified atom stereocenters. The summed E-state index contributed by atoms with van der Waals surface area (Å²) in [6.07, 6.45) is 2.42. The summed E-state index contributed by atoms with van der Waals surface area (Å²) in [7, 11) is 0. The Kier molecular flexibility index (Phi) is 2.95. The lowest BCUT2D eigenvalue weighted by molar-refractivity contribution is 0.580. The standard InChI is InChI=1S/C19H15N3O/c1-11-9-14-17(16-7-4-8-23-16)15(10-20)19(21)22-18(14)13-6-3-2-5-12(11)13/h2-8,11H,9H2,1H3,(H2,21,22). The number of anilines is 1. The lowest BCUT2D eigenvalue weighted by atomic mass is 9.79. The van der Waals surface area contributed by atoms with Crippen LogP contribution in [-0.2, 0) is 6.42 Å². The van der Waals surface area contributed by atoms with Gasteiger partial charge in [0.15, 0.2) is 0 Å². The monoisotopic (exact) mass is 301 g/mol. The van der Waals surface area contributed by atoms with Gasteiger partial charge in [0.05, 0.1) is 12.0 Å². The van der Waals surface area contributed by atoms with Crippen LogP contribution in [0.3, 0.4) is 0 Å². The van der Waals surface area contributed by atoms with E-state index in [4.69, 9.17) is 10.2 Å². The fourth-order valence-corrected chi connectivity index (χ4v) is 3.43. The molecule has 112 valence electrons. The topological polar surface area (TPSA) is 75.8 Å². The van der Waals surface area contributed by atoms with Gasteiger partial charge in [-0.3, -0.25) is 0 Å². The number of hydrogen-bond acceptors (Lipinski definition) is 4. The average Bonchev–Trinajstić information content (AvgIpc) is 3.09. The lowest BCUT2D eigenvalue weighted by Gasteiger charge is -2.27. The van der Waals surface area contributed by atoms with Gasteiger partial charge in [-0.15, -0.1) is 0 Å². The molecule has 3 aromatic rings. The van der Waals surface area contributed by atoms with E-state index in [1.54, 1.807) is 6.26 Å². The van der Waals surface area contributed by atoms with Crippen molar-refractivity contribution in [3.63, 3.8) is 0 Å². The number of furan rings is 1.